The van der Waals surface area contributed by atoms with Crippen LogP contribution < -0.4 is 10.6 Å². The van der Waals surface area contributed by atoms with Crippen molar-refractivity contribution in [1.82, 2.24) is 10.6 Å². The van der Waals surface area contributed by atoms with Crippen molar-refractivity contribution in [3.8, 4) is 0 Å². The Morgan fingerprint density at radius 2 is 1.88 bits per heavy atom. The molecule has 1 aliphatic heterocycles. The highest BCUT2D eigenvalue weighted by molar-refractivity contribution is 5.44. The minimum absolute atomic E-state index is 0.135. The molecule has 0 bridgehead atoms. The van der Waals surface area contributed by atoms with Crippen molar-refractivity contribution in [2.24, 2.45) is 46.3 Å². The summed E-state index contributed by atoms with van der Waals surface area (Å²) >= 11 is 0. The van der Waals surface area contributed by atoms with E-state index >= 15 is 0 Å². The second-order valence-corrected chi connectivity index (χ2v) is 17.2. The molecule has 0 radical (unpaired) electrons. The maximum atomic E-state index is 11.2. The van der Waals surface area contributed by atoms with Gasteiger partial charge in [0.1, 0.15) is 0 Å². The number of aliphatic hydroxyl groups excluding tert-OH is 2. The van der Waals surface area contributed by atoms with Gasteiger partial charge in [0.15, 0.2) is 0 Å². The number of rotatable bonds is 5. The van der Waals surface area contributed by atoms with Crippen LogP contribution >= 0.6 is 0 Å². The molecule has 0 aromatic heterocycles. The van der Waals surface area contributed by atoms with Crippen LogP contribution in [0.5, 0.6) is 0 Å². The Hall–Kier alpha value is -0.940. The molecule has 6 fully saturated rings. The molecule has 0 amide bonds. The lowest BCUT2D eigenvalue weighted by Crippen LogP contribution is -2.61. The van der Waals surface area contributed by atoms with Crippen molar-refractivity contribution in [2.75, 3.05) is 6.54 Å². The fourth-order valence-electron chi connectivity index (χ4n) is 12.9. The lowest BCUT2D eigenvalue weighted by Gasteiger charge is -2.58. The monoisotopic (exact) mass is 576 g/mol. The minimum Gasteiger partial charge on any atom is -0.392 e. The average Bonchev–Trinajstić information content (AvgIpc) is 3.61. The zero-order valence-corrected chi connectivity index (χ0v) is 27.4. The van der Waals surface area contributed by atoms with E-state index in [1.807, 2.05) is 6.92 Å². The Balaban J connectivity index is 1.13. The number of nitrogens with one attached hydrogen (secondary N) is 2. The van der Waals surface area contributed by atoms with Crippen molar-refractivity contribution < 1.29 is 10.2 Å². The first-order valence-electron chi connectivity index (χ1n) is 17.9. The molecule has 1 spiro atoms. The second-order valence-electron chi connectivity index (χ2n) is 17.2. The molecule has 7 rings (SSSR count). The van der Waals surface area contributed by atoms with Gasteiger partial charge in [-0.05, 0) is 145 Å². The Kier molecular flexibility index (Phi) is 7.48. The first-order chi connectivity index (χ1) is 19.9. The number of hydrogen-bond donors (Lipinski definition) is 4. The third-order valence-corrected chi connectivity index (χ3v) is 14.9. The molecule has 6 aliphatic carbocycles. The predicted molar refractivity (Wildman–Crippen MR) is 172 cm³/mol. The van der Waals surface area contributed by atoms with Crippen molar-refractivity contribution in [3.05, 3.63) is 34.9 Å². The number of piperidine rings is 1. The summed E-state index contributed by atoms with van der Waals surface area (Å²) in [7, 11) is 0. The van der Waals surface area contributed by atoms with Crippen molar-refractivity contribution in [3.63, 3.8) is 0 Å². The smallest absolute Gasteiger partial charge is 0.0696 e. The van der Waals surface area contributed by atoms with Crippen LogP contribution in [0.15, 0.2) is 34.9 Å². The van der Waals surface area contributed by atoms with E-state index < -0.39 is 0 Å². The third-order valence-electron chi connectivity index (χ3n) is 14.9. The van der Waals surface area contributed by atoms with E-state index in [1.54, 1.807) is 16.7 Å². The molecule has 42 heavy (non-hydrogen) atoms. The largest absolute Gasteiger partial charge is 0.392 e. The third kappa shape index (κ3) is 4.51. The molecule has 234 valence electrons. The highest BCUT2D eigenvalue weighted by atomic mass is 16.3. The number of hydrogen-bond acceptors (Lipinski definition) is 4. The molecule has 4 heteroatoms. The average molecular weight is 577 g/mol. The fraction of sp³-hybridized carbons (Fsp3) is 0.842. The maximum Gasteiger partial charge on any atom is 0.0696 e. The van der Waals surface area contributed by atoms with Gasteiger partial charge in [-0.1, -0.05) is 54.7 Å². The summed E-state index contributed by atoms with van der Waals surface area (Å²) in [5, 5.41) is 29.0. The van der Waals surface area contributed by atoms with Crippen LogP contribution in [0.3, 0.4) is 0 Å². The van der Waals surface area contributed by atoms with Gasteiger partial charge in [-0.25, -0.2) is 0 Å². The van der Waals surface area contributed by atoms with Crippen LogP contribution in [0.4, 0.5) is 0 Å². The van der Waals surface area contributed by atoms with E-state index in [1.165, 1.54) is 76.2 Å². The van der Waals surface area contributed by atoms with Gasteiger partial charge in [0.05, 0.1) is 12.2 Å². The minimum atomic E-state index is -0.364. The zero-order valence-electron chi connectivity index (χ0n) is 27.4. The number of fused-ring (bicyclic) bond motifs is 7. The molecule has 1 heterocycles. The van der Waals surface area contributed by atoms with Gasteiger partial charge < -0.3 is 20.8 Å². The quantitative estimate of drug-likeness (QED) is 0.264. The summed E-state index contributed by atoms with van der Waals surface area (Å²) in [6, 6.07) is 0.624. The standard InChI is InChI=1S/C38H60N2O2/c1-22(2)27-16-31-23(3)13-28(19-36(31,5)38(20-27)11-7-8-12-38)32-10-9-29-15-26-14-25-17-33(39-21-24(4)41)34(42)18-30(25)35(26)37(29,6)40-32/h13,24-27,29-30,32-35,39-42H,1,7-12,14-21H2,2-6H3/t24-,25-,26-,27-,29+,30+,32-,33+,34+,35+,36-,37+/m0/s1. The first-order valence-corrected chi connectivity index (χ1v) is 17.9. The molecule has 0 aromatic carbocycles. The number of aliphatic hydroxyl groups is 2. The zero-order chi connectivity index (χ0) is 29.6. The summed E-state index contributed by atoms with van der Waals surface area (Å²) in [6.07, 6.45) is 18.7. The van der Waals surface area contributed by atoms with Gasteiger partial charge in [0.25, 0.3) is 0 Å². The summed E-state index contributed by atoms with van der Waals surface area (Å²) in [4.78, 5) is 0. The highest BCUT2D eigenvalue weighted by Crippen LogP contribution is 2.68. The second kappa shape index (κ2) is 10.6. The van der Waals surface area contributed by atoms with Crippen molar-refractivity contribution in [2.45, 2.75) is 148 Å². The van der Waals surface area contributed by atoms with E-state index in [0.717, 1.165) is 24.7 Å². The first kappa shape index (κ1) is 29.8. The van der Waals surface area contributed by atoms with Gasteiger partial charge >= 0.3 is 0 Å². The van der Waals surface area contributed by atoms with Crippen LogP contribution in [0.25, 0.3) is 0 Å². The van der Waals surface area contributed by atoms with Gasteiger partial charge in [-0.2, -0.15) is 0 Å². The topological polar surface area (TPSA) is 64.5 Å². The van der Waals surface area contributed by atoms with Crippen LogP contribution in [-0.2, 0) is 0 Å². The van der Waals surface area contributed by atoms with E-state index in [9.17, 15) is 10.2 Å². The highest BCUT2D eigenvalue weighted by Gasteiger charge is 2.63. The molecule has 4 N–H and O–H groups in total. The maximum absolute atomic E-state index is 11.2. The van der Waals surface area contributed by atoms with E-state index in [0.29, 0.717) is 47.1 Å². The Labute approximate surface area is 256 Å². The predicted octanol–water partition coefficient (Wildman–Crippen LogP) is 7.08. The van der Waals surface area contributed by atoms with Crippen LogP contribution in [-0.4, -0.2) is 46.6 Å². The SMILES string of the molecule is C=C(C)[C@H]1CC2=C(C)C=C([C@@H]3CC[C@@H]4C[C@@H]5C[C@H]6C[C@@H](NC[C@H](C)O)[C@H](O)C[C@H]6[C@@H]5[C@]4(C)N3)C[C@]2(C)C2(CCCC2)C1. The number of allylic oxidation sites excluding steroid dienone is 4. The lowest BCUT2D eigenvalue weighted by atomic mass is 9.47. The molecule has 5 saturated carbocycles. The molecule has 0 unspecified atom stereocenters. The van der Waals surface area contributed by atoms with Crippen molar-refractivity contribution >= 4 is 0 Å². The fourth-order valence-corrected chi connectivity index (χ4v) is 12.9. The molecule has 4 nitrogen and oxygen atoms in total. The van der Waals surface area contributed by atoms with Crippen LogP contribution in [0.1, 0.15) is 118 Å². The molecule has 12 atom stereocenters. The van der Waals surface area contributed by atoms with Gasteiger partial charge in [0, 0.05) is 24.2 Å². The molecular formula is C38H60N2O2. The van der Waals surface area contributed by atoms with E-state index in [4.69, 9.17) is 0 Å². The van der Waals surface area contributed by atoms with Gasteiger partial charge in [0.2, 0.25) is 0 Å². The van der Waals surface area contributed by atoms with Crippen LogP contribution in [0, 0.1) is 46.3 Å². The van der Waals surface area contributed by atoms with Gasteiger partial charge in [-0.3, -0.25) is 0 Å². The molecule has 7 aliphatic rings. The lowest BCUT2D eigenvalue weighted by molar-refractivity contribution is 0.00450. The Bertz CT molecular complexity index is 1150. The Morgan fingerprint density at radius 3 is 2.60 bits per heavy atom. The summed E-state index contributed by atoms with van der Waals surface area (Å²) in [5.41, 5.74) is 7.34. The Morgan fingerprint density at radius 1 is 1.12 bits per heavy atom. The van der Waals surface area contributed by atoms with Crippen molar-refractivity contribution in [1.29, 1.82) is 0 Å². The van der Waals surface area contributed by atoms with E-state index in [-0.39, 0.29) is 23.8 Å². The summed E-state index contributed by atoms with van der Waals surface area (Å²) < 4.78 is 0. The van der Waals surface area contributed by atoms with Gasteiger partial charge in [-0.15, -0.1) is 0 Å². The molecule has 1 saturated heterocycles. The normalized spacial score (nSPS) is 48.4. The summed E-state index contributed by atoms with van der Waals surface area (Å²) in [5.74, 6) is 4.24. The molecular weight excluding hydrogens is 516 g/mol. The van der Waals surface area contributed by atoms with E-state index in [2.05, 4.69) is 51.0 Å². The van der Waals surface area contributed by atoms with Crippen LogP contribution in [0.2, 0.25) is 0 Å². The summed E-state index contributed by atoms with van der Waals surface area (Å²) in [6.45, 7) is 16.8. The molecule has 0 aromatic rings.